The van der Waals surface area contributed by atoms with Crippen LogP contribution in [0.5, 0.6) is 5.88 Å². The number of ether oxygens (including phenoxy) is 1. The van der Waals surface area contributed by atoms with E-state index in [-0.39, 0.29) is 5.56 Å². The van der Waals surface area contributed by atoms with Gasteiger partial charge in [-0.1, -0.05) is 0 Å². The van der Waals surface area contributed by atoms with Gasteiger partial charge in [-0.3, -0.25) is 4.79 Å². The van der Waals surface area contributed by atoms with Gasteiger partial charge in [-0.2, -0.15) is 13.2 Å². The van der Waals surface area contributed by atoms with Crippen molar-refractivity contribution in [2.75, 3.05) is 24.3 Å². The molecule has 2 aromatic rings. The molecule has 0 atom stereocenters. The second-order valence-electron chi connectivity index (χ2n) is 5.00. The second kappa shape index (κ2) is 8.19. The summed E-state index contributed by atoms with van der Waals surface area (Å²) in [5.74, 6) is -1.09. The molecule has 0 radical (unpaired) electrons. The molecule has 0 aliphatic heterocycles. The first-order chi connectivity index (χ1) is 12.3. The van der Waals surface area contributed by atoms with Crippen LogP contribution in [0.4, 0.5) is 29.3 Å². The normalized spacial score (nSPS) is 10.8. The summed E-state index contributed by atoms with van der Waals surface area (Å²) in [7, 11) is 1.47. The number of urea groups is 1. The Hall–Kier alpha value is -3.30. The number of amides is 3. The summed E-state index contributed by atoms with van der Waals surface area (Å²) in [4.78, 5) is 27.1. The minimum Gasteiger partial charge on any atom is -0.467 e. The van der Waals surface area contributed by atoms with Gasteiger partial charge < -0.3 is 20.7 Å². The Bertz CT molecular complexity index is 779. The number of rotatable bonds is 5. The lowest BCUT2D eigenvalue weighted by Crippen LogP contribution is -2.24. The molecule has 0 aliphatic rings. The third-order valence-corrected chi connectivity index (χ3v) is 3.02. The number of benzene rings is 1. The van der Waals surface area contributed by atoms with Gasteiger partial charge in [-0.15, -0.1) is 0 Å². The number of halogens is 3. The molecule has 1 aromatic heterocycles. The molecule has 0 spiro atoms. The molecule has 0 bridgehead atoms. The van der Waals surface area contributed by atoms with Crippen LogP contribution in [-0.4, -0.2) is 36.8 Å². The Morgan fingerprint density at radius 2 is 1.69 bits per heavy atom. The topological polar surface area (TPSA) is 92.4 Å². The molecule has 0 fully saturated rings. The molecule has 1 aromatic carbocycles. The number of pyridine rings is 1. The van der Waals surface area contributed by atoms with Crippen LogP contribution in [-0.2, 0) is 0 Å². The number of aromatic nitrogens is 1. The van der Waals surface area contributed by atoms with Crippen LogP contribution in [0.1, 0.15) is 10.4 Å². The predicted molar refractivity (Wildman–Crippen MR) is 88.3 cm³/mol. The highest BCUT2D eigenvalue weighted by Gasteiger charge is 2.29. The molecular weight excluding hydrogens is 353 g/mol. The van der Waals surface area contributed by atoms with E-state index < -0.39 is 30.6 Å². The molecule has 10 heteroatoms. The Morgan fingerprint density at radius 1 is 1.08 bits per heavy atom. The molecule has 3 N–H and O–H groups in total. The van der Waals surface area contributed by atoms with Gasteiger partial charge in [0.15, 0.2) is 6.61 Å². The van der Waals surface area contributed by atoms with Gasteiger partial charge in [-0.25, -0.2) is 9.78 Å². The van der Waals surface area contributed by atoms with Crippen molar-refractivity contribution in [3.8, 4) is 5.88 Å². The maximum absolute atomic E-state index is 12.3. The van der Waals surface area contributed by atoms with Crippen LogP contribution in [0.2, 0.25) is 0 Å². The Kier molecular flexibility index (Phi) is 5.99. The van der Waals surface area contributed by atoms with Crippen molar-refractivity contribution < 1.29 is 27.5 Å². The van der Waals surface area contributed by atoms with Crippen molar-refractivity contribution in [1.29, 1.82) is 0 Å². The Labute approximate surface area is 146 Å². The van der Waals surface area contributed by atoms with Crippen molar-refractivity contribution in [1.82, 2.24) is 10.3 Å². The lowest BCUT2D eigenvalue weighted by Gasteiger charge is -2.12. The van der Waals surface area contributed by atoms with Gasteiger partial charge in [0.1, 0.15) is 5.56 Å². The van der Waals surface area contributed by atoms with E-state index in [0.29, 0.717) is 11.4 Å². The van der Waals surface area contributed by atoms with Gasteiger partial charge >= 0.3 is 12.2 Å². The van der Waals surface area contributed by atoms with Gasteiger partial charge in [0.05, 0.1) is 0 Å². The number of nitrogens with one attached hydrogen (secondary N) is 3. The number of alkyl halides is 3. The summed E-state index contributed by atoms with van der Waals surface area (Å²) in [6.07, 6.45) is -3.32. The summed E-state index contributed by atoms with van der Waals surface area (Å²) in [6, 6.07) is 8.46. The Balaban J connectivity index is 2.07. The standard InChI is InChI=1S/C16H15F3N4O3/c1-20-15(25)23-11-6-4-10(5-7-11)22-13(24)12-3-2-8-21-14(12)26-9-16(17,18)19/h2-8H,9H2,1H3,(H,22,24)(H2,20,23,25). The smallest absolute Gasteiger partial charge is 0.422 e. The van der Waals surface area contributed by atoms with E-state index in [1.807, 2.05) is 0 Å². The first-order valence-electron chi connectivity index (χ1n) is 7.33. The molecule has 0 unspecified atom stereocenters. The summed E-state index contributed by atoms with van der Waals surface area (Å²) in [5.41, 5.74) is 0.741. The van der Waals surface area contributed by atoms with E-state index in [1.165, 1.54) is 37.5 Å². The zero-order valence-electron chi connectivity index (χ0n) is 13.6. The number of hydrogen-bond donors (Lipinski definition) is 3. The number of anilines is 2. The zero-order valence-corrected chi connectivity index (χ0v) is 13.6. The largest absolute Gasteiger partial charge is 0.467 e. The van der Waals surface area contributed by atoms with E-state index in [4.69, 9.17) is 0 Å². The summed E-state index contributed by atoms with van der Waals surface area (Å²) in [5, 5.41) is 7.46. The zero-order chi connectivity index (χ0) is 19.2. The molecule has 138 valence electrons. The van der Waals surface area contributed by atoms with E-state index in [0.717, 1.165) is 0 Å². The van der Waals surface area contributed by atoms with Crippen LogP contribution >= 0.6 is 0 Å². The van der Waals surface area contributed by atoms with Gasteiger partial charge in [0.2, 0.25) is 5.88 Å². The Morgan fingerprint density at radius 3 is 2.27 bits per heavy atom. The summed E-state index contributed by atoms with van der Waals surface area (Å²) < 4.78 is 41.4. The molecule has 1 heterocycles. The monoisotopic (exact) mass is 368 g/mol. The van der Waals surface area contributed by atoms with Crippen molar-refractivity contribution in [2.24, 2.45) is 0 Å². The van der Waals surface area contributed by atoms with Gasteiger partial charge in [0.25, 0.3) is 5.91 Å². The molecule has 3 amide bonds. The molecule has 26 heavy (non-hydrogen) atoms. The van der Waals surface area contributed by atoms with E-state index >= 15 is 0 Å². The number of nitrogens with zero attached hydrogens (tertiary/aromatic N) is 1. The van der Waals surface area contributed by atoms with Crippen LogP contribution in [0.15, 0.2) is 42.6 Å². The second-order valence-corrected chi connectivity index (χ2v) is 5.00. The van der Waals surface area contributed by atoms with Crippen molar-refractivity contribution >= 4 is 23.3 Å². The minimum atomic E-state index is -4.54. The van der Waals surface area contributed by atoms with E-state index in [2.05, 4.69) is 25.7 Å². The quantitative estimate of drug-likeness (QED) is 0.756. The predicted octanol–water partition coefficient (Wildman–Crippen LogP) is 3.03. The SMILES string of the molecule is CNC(=O)Nc1ccc(NC(=O)c2cccnc2OCC(F)(F)F)cc1. The van der Waals surface area contributed by atoms with Crippen molar-refractivity contribution in [2.45, 2.75) is 6.18 Å². The lowest BCUT2D eigenvalue weighted by molar-refractivity contribution is -0.154. The third-order valence-electron chi connectivity index (χ3n) is 3.02. The van der Waals surface area contributed by atoms with E-state index in [9.17, 15) is 22.8 Å². The highest BCUT2D eigenvalue weighted by molar-refractivity contribution is 6.05. The number of carbonyl (C=O) groups excluding carboxylic acids is 2. The van der Waals surface area contributed by atoms with E-state index in [1.54, 1.807) is 12.1 Å². The number of hydrogen-bond acceptors (Lipinski definition) is 4. The first-order valence-corrected chi connectivity index (χ1v) is 7.33. The first kappa shape index (κ1) is 19.0. The van der Waals surface area contributed by atoms with Crippen molar-refractivity contribution in [3.05, 3.63) is 48.2 Å². The highest BCUT2D eigenvalue weighted by atomic mass is 19.4. The van der Waals surface area contributed by atoms with Crippen LogP contribution in [0, 0.1) is 0 Å². The van der Waals surface area contributed by atoms with Crippen LogP contribution in [0.25, 0.3) is 0 Å². The number of carbonyl (C=O) groups is 2. The maximum atomic E-state index is 12.3. The summed E-state index contributed by atoms with van der Waals surface area (Å²) >= 11 is 0. The average molecular weight is 368 g/mol. The molecular formula is C16H15F3N4O3. The summed E-state index contributed by atoms with van der Waals surface area (Å²) in [6.45, 7) is -1.55. The van der Waals surface area contributed by atoms with Gasteiger partial charge in [-0.05, 0) is 36.4 Å². The molecule has 7 nitrogen and oxygen atoms in total. The average Bonchev–Trinajstić information content (AvgIpc) is 2.61. The minimum absolute atomic E-state index is 0.135. The molecule has 0 aliphatic carbocycles. The fourth-order valence-corrected chi connectivity index (χ4v) is 1.86. The maximum Gasteiger partial charge on any atom is 0.422 e. The van der Waals surface area contributed by atoms with Crippen LogP contribution in [0.3, 0.4) is 0 Å². The van der Waals surface area contributed by atoms with Crippen LogP contribution < -0.4 is 20.7 Å². The molecule has 0 saturated heterocycles. The fraction of sp³-hybridized carbons (Fsp3) is 0.188. The van der Waals surface area contributed by atoms with Crippen molar-refractivity contribution in [3.63, 3.8) is 0 Å². The lowest BCUT2D eigenvalue weighted by atomic mass is 10.2. The third kappa shape index (κ3) is 5.65. The molecule has 2 rings (SSSR count). The highest BCUT2D eigenvalue weighted by Crippen LogP contribution is 2.21. The van der Waals surface area contributed by atoms with Gasteiger partial charge in [0, 0.05) is 24.6 Å². The fourth-order valence-electron chi connectivity index (χ4n) is 1.86. The molecule has 0 saturated carbocycles.